The van der Waals surface area contributed by atoms with E-state index in [9.17, 15) is 5.11 Å². The molecule has 0 spiro atoms. The molecule has 0 aliphatic heterocycles. The van der Waals surface area contributed by atoms with Crippen LogP contribution in [0, 0.1) is 56.7 Å². The third kappa shape index (κ3) is 2.77. The van der Waals surface area contributed by atoms with Crippen LogP contribution in [-0.2, 0) is 0 Å². The standard InChI is InChI=1S/C30H50O/c1-19(2)21-12-13-27(5)15-16-29(7)22(25(21)27)9-10-23-28(6)14-11-20(31)17-24(28)26(3,4)18-30(23,29)8/h20-25,31H,1,9-18H2,2-8H3. The van der Waals surface area contributed by atoms with Gasteiger partial charge in [-0.3, -0.25) is 0 Å². The van der Waals surface area contributed by atoms with E-state index in [0.29, 0.717) is 33.0 Å². The van der Waals surface area contributed by atoms with Gasteiger partial charge in [0, 0.05) is 0 Å². The molecule has 0 radical (unpaired) electrons. The summed E-state index contributed by atoms with van der Waals surface area (Å²) < 4.78 is 0. The van der Waals surface area contributed by atoms with Crippen molar-refractivity contribution in [3.63, 3.8) is 0 Å². The Labute approximate surface area is 192 Å². The van der Waals surface area contributed by atoms with Crippen LogP contribution >= 0.6 is 0 Å². The van der Waals surface area contributed by atoms with Crippen LogP contribution in [0.5, 0.6) is 0 Å². The van der Waals surface area contributed by atoms with E-state index in [1.807, 2.05) is 0 Å². The number of allylic oxidation sites excluding steroid dienone is 1. The summed E-state index contributed by atoms with van der Waals surface area (Å²) in [6.07, 6.45) is 13.1. The van der Waals surface area contributed by atoms with Gasteiger partial charge in [0.1, 0.15) is 0 Å². The van der Waals surface area contributed by atoms with Crippen molar-refractivity contribution in [2.75, 3.05) is 0 Å². The van der Waals surface area contributed by atoms with Gasteiger partial charge in [-0.1, -0.05) is 53.7 Å². The van der Waals surface area contributed by atoms with Crippen LogP contribution < -0.4 is 0 Å². The molecule has 1 N–H and O–H groups in total. The maximum Gasteiger partial charge on any atom is 0.0543 e. The quantitative estimate of drug-likeness (QED) is 0.421. The van der Waals surface area contributed by atoms with Crippen LogP contribution in [0.3, 0.4) is 0 Å². The number of rotatable bonds is 1. The van der Waals surface area contributed by atoms with Gasteiger partial charge in [-0.05, 0) is 128 Å². The molecular formula is C30H50O. The highest BCUT2D eigenvalue weighted by atomic mass is 16.3. The Bertz CT molecular complexity index is 766. The van der Waals surface area contributed by atoms with E-state index in [-0.39, 0.29) is 6.10 Å². The molecule has 5 aliphatic carbocycles. The number of aliphatic hydroxyl groups is 1. The fourth-order valence-electron chi connectivity index (χ4n) is 11.7. The summed E-state index contributed by atoms with van der Waals surface area (Å²) in [4.78, 5) is 0. The van der Waals surface area contributed by atoms with Gasteiger partial charge in [0.15, 0.2) is 0 Å². The minimum Gasteiger partial charge on any atom is -0.393 e. The second kappa shape index (κ2) is 6.64. The third-order valence-corrected chi connectivity index (χ3v) is 13.1. The molecule has 5 aliphatic rings. The molecule has 0 aromatic rings. The lowest BCUT2D eigenvalue weighted by Crippen LogP contribution is -2.67. The molecule has 0 heterocycles. The molecule has 0 amide bonds. The molecule has 10 atom stereocenters. The smallest absolute Gasteiger partial charge is 0.0543 e. The van der Waals surface area contributed by atoms with Crippen molar-refractivity contribution in [1.82, 2.24) is 0 Å². The maximum absolute atomic E-state index is 10.6. The molecule has 0 aromatic heterocycles. The van der Waals surface area contributed by atoms with Crippen molar-refractivity contribution in [2.45, 2.75) is 119 Å². The third-order valence-electron chi connectivity index (χ3n) is 13.1. The summed E-state index contributed by atoms with van der Waals surface area (Å²) in [6.45, 7) is 22.7. The highest BCUT2D eigenvalue weighted by Crippen LogP contribution is 2.78. The number of hydrogen-bond donors (Lipinski definition) is 1. The summed E-state index contributed by atoms with van der Waals surface area (Å²) in [6, 6.07) is 0. The van der Waals surface area contributed by atoms with Crippen LogP contribution in [0.25, 0.3) is 0 Å². The molecule has 0 bridgehead atoms. The Balaban J connectivity index is 1.59. The fourth-order valence-corrected chi connectivity index (χ4v) is 11.7. The molecule has 1 heteroatoms. The lowest BCUT2D eigenvalue weighted by atomic mass is 9.31. The van der Waals surface area contributed by atoms with E-state index in [1.54, 1.807) is 0 Å². The van der Waals surface area contributed by atoms with Gasteiger partial charge in [-0.2, -0.15) is 0 Å². The molecule has 31 heavy (non-hydrogen) atoms. The Morgan fingerprint density at radius 3 is 2.19 bits per heavy atom. The molecule has 5 rings (SSSR count). The molecule has 0 saturated heterocycles. The topological polar surface area (TPSA) is 20.2 Å². The molecular weight excluding hydrogens is 376 g/mol. The zero-order chi connectivity index (χ0) is 22.6. The van der Waals surface area contributed by atoms with E-state index >= 15 is 0 Å². The lowest BCUT2D eigenvalue weighted by Gasteiger charge is -2.74. The lowest BCUT2D eigenvalue weighted by molar-refractivity contribution is -0.256. The normalized spacial score (nSPS) is 57.9. The summed E-state index contributed by atoms with van der Waals surface area (Å²) >= 11 is 0. The SMILES string of the molecule is C=C(C)C1CCC2(C)CCC3(C)C(CCC4C5(C)CCC(O)CC5C(C)(C)CC43C)C12. The minimum atomic E-state index is -0.0705. The monoisotopic (exact) mass is 426 g/mol. The Kier molecular flexibility index (Phi) is 4.82. The van der Waals surface area contributed by atoms with Crippen LogP contribution in [-0.4, -0.2) is 11.2 Å². The number of fused-ring (bicyclic) bond motifs is 7. The van der Waals surface area contributed by atoms with Crippen molar-refractivity contribution >= 4 is 0 Å². The van der Waals surface area contributed by atoms with E-state index in [1.165, 1.54) is 56.9 Å². The zero-order valence-electron chi connectivity index (χ0n) is 21.7. The summed E-state index contributed by atoms with van der Waals surface area (Å²) in [7, 11) is 0. The van der Waals surface area contributed by atoms with Gasteiger partial charge < -0.3 is 5.11 Å². The van der Waals surface area contributed by atoms with Crippen LogP contribution in [0.1, 0.15) is 113 Å². The van der Waals surface area contributed by atoms with Gasteiger partial charge in [0.05, 0.1) is 6.10 Å². The second-order valence-corrected chi connectivity index (χ2v) is 14.9. The van der Waals surface area contributed by atoms with Gasteiger partial charge in [0.25, 0.3) is 0 Å². The number of aliphatic hydroxyl groups excluding tert-OH is 1. The van der Waals surface area contributed by atoms with Crippen LogP contribution in [0.4, 0.5) is 0 Å². The summed E-state index contributed by atoms with van der Waals surface area (Å²) in [5.74, 6) is 3.95. The van der Waals surface area contributed by atoms with Crippen molar-refractivity contribution in [3.05, 3.63) is 12.2 Å². The average molecular weight is 427 g/mol. The first kappa shape index (κ1) is 22.5. The fraction of sp³-hybridized carbons (Fsp3) is 0.933. The predicted molar refractivity (Wildman–Crippen MR) is 131 cm³/mol. The highest BCUT2D eigenvalue weighted by Gasteiger charge is 2.71. The van der Waals surface area contributed by atoms with Gasteiger partial charge in [-0.25, -0.2) is 0 Å². The molecule has 0 aromatic carbocycles. The first-order valence-electron chi connectivity index (χ1n) is 13.6. The van der Waals surface area contributed by atoms with E-state index in [2.05, 4.69) is 55.0 Å². The Morgan fingerprint density at radius 2 is 1.52 bits per heavy atom. The molecule has 5 fully saturated rings. The first-order valence-corrected chi connectivity index (χ1v) is 13.6. The minimum absolute atomic E-state index is 0.0705. The maximum atomic E-state index is 10.6. The predicted octanol–water partition coefficient (Wildman–Crippen LogP) is 8.02. The van der Waals surface area contributed by atoms with Gasteiger partial charge in [0.2, 0.25) is 0 Å². The number of hydrogen-bond acceptors (Lipinski definition) is 1. The van der Waals surface area contributed by atoms with Crippen molar-refractivity contribution in [3.8, 4) is 0 Å². The Hall–Kier alpha value is -0.300. The molecule has 5 saturated carbocycles. The van der Waals surface area contributed by atoms with E-state index < -0.39 is 0 Å². The van der Waals surface area contributed by atoms with Gasteiger partial charge in [-0.15, -0.1) is 0 Å². The molecule has 10 unspecified atom stereocenters. The summed E-state index contributed by atoms with van der Waals surface area (Å²) in [5.41, 5.74) is 3.57. The van der Waals surface area contributed by atoms with Crippen LogP contribution in [0.15, 0.2) is 12.2 Å². The van der Waals surface area contributed by atoms with Crippen molar-refractivity contribution in [2.24, 2.45) is 56.7 Å². The first-order chi connectivity index (χ1) is 14.3. The molecule has 176 valence electrons. The van der Waals surface area contributed by atoms with E-state index in [0.717, 1.165) is 36.5 Å². The largest absolute Gasteiger partial charge is 0.393 e. The average Bonchev–Trinajstić information content (AvgIpc) is 3.02. The van der Waals surface area contributed by atoms with Gasteiger partial charge >= 0.3 is 0 Å². The van der Waals surface area contributed by atoms with E-state index in [4.69, 9.17) is 0 Å². The van der Waals surface area contributed by atoms with Crippen molar-refractivity contribution < 1.29 is 5.11 Å². The second-order valence-electron chi connectivity index (χ2n) is 14.9. The van der Waals surface area contributed by atoms with Crippen molar-refractivity contribution in [1.29, 1.82) is 0 Å². The summed E-state index contributed by atoms with van der Waals surface area (Å²) in [5, 5.41) is 10.6. The zero-order valence-corrected chi connectivity index (χ0v) is 21.7. The Morgan fingerprint density at radius 1 is 0.806 bits per heavy atom. The highest BCUT2D eigenvalue weighted by molar-refractivity contribution is 5.21. The van der Waals surface area contributed by atoms with Crippen LogP contribution in [0.2, 0.25) is 0 Å². The molecule has 1 nitrogen and oxygen atoms in total.